The summed E-state index contributed by atoms with van der Waals surface area (Å²) < 4.78 is 0. The average molecular weight is 372 g/mol. The van der Waals surface area contributed by atoms with E-state index in [9.17, 15) is 0 Å². The van der Waals surface area contributed by atoms with Crippen LogP contribution >= 0.6 is 0 Å². The summed E-state index contributed by atoms with van der Waals surface area (Å²) in [4.78, 5) is 6.08. The molecule has 2 aromatic rings. The van der Waals surface area contributed by atoms with Crippen molar-refractivity contribution in [3.8, 4) is 11.3 Å². The molecule has 0 saturated heterocycles. The first-order valence-electron chi connectivity index (χ1n) is 8.97. The second-order valence-corrected chi connectivity index (χ2v) is 26.5. The van der Waals surface area contributed by atoms with Crippen molar-refractivity contribution in [3.05, 3.63) is 48.5 Å². The van der Waals surface area contributed by atoms with Gasteiger partial charge < -0.3 is 0 Å². The zero-order valence-electron chi connectivity index (χ0n) is 16.6. The maximum atomic E-state index is 5.17. The monoisotopic (exact) mass is 371 g/mol. The molecular weight excluding hydrogens is 338 g/mol. The first-order valence-corrected chi connectivity index (χ1v) is 19.2. The Kier molecular flexibility index (Phi) is 5.43. The number of pyridine rings is 1. The first kappa shape index (κ1) is 19.3. The smallest absolute Gasteiger partial charge is 0.102 e. The molecule has 0 saturated carbocycles. The summed E-state index contributed by atoms with van der Waals surface area (Å²) in [6, 6.07) is 17.2. The molecule has 2 rings (SSSR count). The first-order chi connectivity index (χ1) is 10.9. The van der Waals surface area contributed by atoms with Gasteiger partial charge in [-0.15, -0.1) is 0 Å². The van der Waals surface area contributed by atoms with Crippen molar-refractivity contribution in [2.75, 3.05) is 0 Å². The van der Waals surface area contributed by atoms with Crippen LogP contribution in [0.4, 0.5) is 0 Å². The molecule has 0 atom stereocenters. The third-order valence-electron chi connectivity index (χ3n) is 4.93. The van der Waals surface area contributed by atoms with Gasteiger partial charge in [0.2, 0.25) is 0 Å². The van der Waals surface area contributed by atoms with E-state index in [0.717, 1.165) is 10.5 Å². The maximum absolute atomic E-state index is 5.17. The quantitative estimate of drug-likeness (QED) is 0.606. The van der Waals surface area contributed by atoms with Crippen LogP contribution in [0.1, 0.15) is 0 Å². The fraction of sp³-hybridized carbons (Fsp3) is 0.450. The molecule has 0 aliphatic rings. The largest absolute Gasteiger partial charge is 0.258 e. The van der Waals surface area contributed by atoms with Gasteiger partial charge in [0.1, 0.15) is 8.07 Å². The molecule has 0 N–H and O–H groups in total. The van der Waals surface area contributed by atoms with E-state index < -0.39 is 24.2 Å². The number of hydrogen-bond donors (Lipinski definition) is 0. The van der Waals surface area contributed by atoms with Crippen molar-refractivity contribution in [1.29, 1.82) is 0 Å². The molecule has 0 bridgehead atoms. The lowest BCUT2D eigenvalue weighted by molar-refractivity contribution is 1.30. The standard InChI is InChI=1S/C20H33NSi3/c1-22(2,3)20(23(4,5)6)24(7,8)19-16-12-15-18(21-19)17-13-10-9-11-14-17/h9-16,20H,1-8H3. The molecular formula is C20H33NSi3. The Morgan fingerprint density at radius 3 is 1.71 bits per heavy atom. The predicted octanol–water partition coefficient (Wildman–Crippen LogP) is 5.79. The molecule has 130 valence electrons. The van der Waals surface area contributed by atoms with Crippen LogP contribution in [0.25, 0.3) is 11.3 Å². The zero-order valence-corrected chi connectivity index (χ0v) is 19.6. The SMILES string of the molecule is C[Si](C)(C)C([Si](C)(C)C)[Si](C)(C)c1cccc(-c2ccccc2)n1. The second-order valence-electron chi connectivity index (χ2n) is 9.66. The van der Waals surface area contributed by atoms with Crippen molar-refractivity contribution in [2.24, 2.45) is 0 Å². The lowest BCUT2D eigenvalue weighted by Crippen LogP contribution is -2.62. The number of benzene rings is 1. The summed E-state index contributed by atoms with van der Waals surface area (Å²) in [6.45, 7) is 20.5. The van der Waals surface area contributed by atoms with Crippen LogP contribution in [-0.4, -0.2) is 29.2 Å². The van der Waals surface area contributed by atoms with Gasteiger partial charge in [-0.2, -0.15) is 0 Å². The van der Waals surface area contributed by atoms with E-state index in [1.54, 1.807) is 0 Å². The molecule has 0 unspecified atom stereocenters. The summed E-state index contributed by atoms with van der Waals surface area (Å²) in [5.41, 5.74) is 2.35. The van der Waals surface area contributed by atoms with E-state index in [-0.39, 0.29) is 0 Å². The van der Waals surface area contributed by atoms with Crippen molar-refractivity contribution >= 4 is 29.5 Å². The van der Waals surface area contributed by atoms with E-state index in [2.05, 4.69) is 101 Å². The van der Waals surface area contributed by atoms with Gasteiger partial charge in [0.25, 0.3) is 0 Å². The summed E-state index contributed by atoms with van der Waals surface area (Å²) in [5.74, 6) is 0. The maximum Gasteiger partial charge on any atom is 0.102 e. The molecule has 1 aromatic heterocycles. The van der Waals surface area contributed by atoms with Crippen LogP contribution < -0.4 is 5.32 Å². The van der Waals surface area contributed by atoms with Gasteiger partial charge in [-0.25, -0.2) is 0 Å². The van der Waals surface area contributed by atoms with Gasteiger partial charge in [0.15, 0.2) is 0 Å². The Labute approximate surface area is 151 Å². The molecule has 4 heteroatoms. The summed E-state index contributed by atoms with van der Waals surface area (Å²) in [6.07, 6.45) is 0. The number of nitrogens with zero attached hydrogens (tertiary/aromatic N) is 1. The highest BCUT2D eigenvalue weighted by Crippen LogP contribution is 2.39. The zero-order chi connectivity index (χ0) is 18.2. The van der Waals surface area contributed by atoms with Crippen LogP contribution in [-0.2, 0) is 0 Å². The predicted molar refractivity (Wildman–Crippen MR) is 117 cm³/mol. The van der Waals surface area contributed by atoms with Crippen molar-refractivity contribution in [3.63, 3.8) is 0 Å². The molecule has 1 aromatic carbocycles. The van der Waals surface area contributed by atoms with Gasteiger partial charge >= 0.3 is 0 Å². The van der Waals surface area contributed by atoms with Crippen molar-refractivity contribution in [2.45, 2.75) is 57.2 Å². The molecule has 0 amide bonds. The highest BCUT2D eigenvalue weighted by Gasteiger charge is 2.49. The number of rotatable bonds is 5. The summed E-state index contributed by atoms with van der Waals surface area (Å²) in [5, 5.41) is 1.39. The molecule has 0 radical (unpaired) electrons. The van der Waals surface area contributed by atoms with Crippen LogP contribution in [0.5, 0.6) is 0 Å². The van der Waals surface area contributed by atoms with Crippen LogP contribution in [0.15, 0.2) is 48.5 Å². The second kappa shape index (κ2) is 6.73. The van der Waals surface area contributed by atoms with Gasteiger partial charge in [-0.1, -0.05) is 88.8 Å². The highest BCUT2D eigenvalue weighted by molar-refractivity contribution is 7.16. The van der Waals surface area contributed by atoms with E-state index in [1.165, 1.54) is 10.9 Å². The fourth-order valence-electron chi connectivity index (χ4n) is 5.18. The Bertz CT molecular complexity index is 668. The highest BCUT2D eigenvalue weighted by atomic mass is 28.5. The van der Waals surface area contributed by atoms with E-state index in [1.807, 2.05) is 0 Å². The Balaban J connectivity index is 2.53. The third kappa shape index (κ3) is 4.16. The molecule has 0 aliphatic carbocycles. The van der Waals surface area contributed by atoms with Crippen LogP contribution in [0.3, 0.4) is 0 Å². The topological polar surface area (TPSA) is 12.9 Å². The third-order valence-corrected chi connectivity index (χ3v) is 26.2. The van der Waals surface area contributed by atoms with Gasteiger partial charge in [-0.05, 0) is 16.9 Å². The molecule has 0 aliphatic heterocycles. The molecule has 0 spiro atoms. The van der Waals surface area contributed by atoms with Crippen LogP contribution in [0, 0.1) is 0 Å². The molecule has 1 heterocycles. The minimum atomic E-state index is -1.63. The number of hydrogen-bond acceptors (Lipinski definition) is 1. The molecule has 1 nitrogen and oxygen atoms in total. The van der Waals surface area contributed by atoms with Gasteiger partial charge in [0, 0.05) is 27.0 Å². The Hall–Kier alpha value is -0.979. The van der Waals surface area contributed by atoms with Gasteiger partial charge in [-0.3, -0.25) is 4.98 Å². The van der Waals surface area contributed by atoms with Crippen molar-refractivity contribution < 1.29 is 0 Å². The fourth-order valence-corrected chi connectivity index (χ4v) is 35.0. The lowest BCUT2D eigenvalue weighted by Gasteiger charge is -2.47. The molecule has 24 heavy (non-hydrogen) atoms. The normalized spacial score (nSPS) is 13.4. The van der Waals surface area contributed by atoms with E-state index in [4.69, 9.17) is 4.98 Å². The Morgan fingerprint density at radius 1 is 0.667 bits per heavy atom. The lowest BCUT2D eigenvalue weighted by atomic mass is 10.1. The number of aromatic nitrogens is 1. The van der Waals surface area contributed by atoms with E-state index >= 15 is 0 Å². The summed E-state index contributed by atoms with van der Waals surface area (Å²) >= 11 is 0. The minimum Gasteiger partial charge on any atom is -0.258 e. The van der Waals surface area contributed by atoms with Gasteiger partial charge in [0.05, 0.1) is 5.69 Å². The Morgan fingerprint density at radius 2 is 1.21 bits per heavy atom. The van der Waals surface area contributed by atoms with Crippen molar-refractivity contribution in [1.82, 2.24) is 4.98 Å². The summed E-state index contributed by atoms with van der Waals surface area (Å²) in [7, 11) is -4.14. The van der Waals surface area contributed by atoms with E-state index in [0.29, 0.717) is 0 Å². The van der Waals surface area contributed by atoms with Crippen LogP contribution in [0.2, 0.25) is 57.2 Å². The average Bonchev–Trinajstić information content (AvgIpc) is 2.45. The minimum absolute atomic E-state index is 0.913. The molecule has 0 fully saturated rings.